The number of hydrogen-bond acceptors (Lipinski definition) is 3. The smallest absolute Gasteiger partial charge is 0.130 e. The predicted octanol–water partition coefficient (Wildman–Crippen LogP) is 7.88. The van der Waals surface area contributed by atoms with Crippen molar-refractivity contribution in [3.63, 3.8) is 0 Å². The number of para-hydroxylation sites is 2. The predicted molar refractivity (Wildman–Crippen MR) is 150 cm³/mol. The Morgan fingerprint density at radius 1 is 0.649 bits per heavy atom. The molecular weight excluding hydrogens is 456 g/mol. The van der Waals surface area contributed by atoms with E-state index in [2.05, 4.69) is 30.3 Å². The van der Waals surface area contributed by atoms with E-state index in [4.69, 9.17) is 9.47 Å². The highest BCUT2D eigenvalue weighted by atomic mass is 16.5. The fraction of sp³-hybridized carbons (Fsp3) is 0.118. The highest BCUT2D eigenvalue weighted by Gasteiger charge is 2.17. The lowest BCUT2D eigenvalue weighted by Gasteiger charge is -2.19. The average molecular weight is 487 g/mol. The maximum absolute atomic E-state index is 11.4. The first-order valence-corrected chi connectivity index (χ1v) is 12.5. The molecule has 37 heavy (non-hydrogen) atoms. The molecule has 5 aromatic rings. The molecule has 1 atom stereocenters. The maximum Gasteiger partial charge on any atom is 0.130 e. The molecule has 0 fully saturated rings. The van der Waals surface area contributed by atoms with Crippen LogP contribution in [0.4, 0.5) is 0 Å². The monoisotopic (exact) mass is 486 g/mol. The molecule has 0 spiro atoms. The first-order valence-electron chi connectivity index (χ1n) is 12.5. The van der Waals surface area contributed by atoms with Crippen LogP contribution < -0.4 is 9.47 Å². The summed E-state index contributed by atoms with van der Waals surface area (Å²) in [7, 11) is 1.67. The molecule has 0 aliphatic rings. The Kier molecular flexibility index (Phi) is 7.63. The normalized spacial score (nSPS) is 11.6. The van der Waals surface area contributed by atoms with E-state index in [9.17, 15) is 5.11 Å². The van der Waals surface area contributed by atoms with Crippen LogP contribution in [0.25, 0.3) is 22.3 Å². The highest BCUT2D eigenvalue weighted by Crippen LogP contribution is 2.37. The number of rotatable bonds is 9. The lowest BCUT2D eigenvalue weighted by molar-refractivity contribution is 0.176. The molecule has 1 N–H and O–H groups in total. The summed E-state index contributed by atoms with van der Waals surface area (Å²) in [5, 5.41) is 11.4. The van der Waals surface area contributed by atoms with Crippen molar-refractivity contribution in [3.8, 4) is 33.8 Å². The molecule has 0 radical (unpaired) electrons. The van der Waals surface area contributed by atoms with Crippen LogP contribution >= 0.6 is 0 Å². The van der Waals surface area contributed by atoms with Crippen molar-refractivity contribution >= 4 is 0 Å². The molecule has 0 heterocycles. The molecular formula is C34H30O3. The van der Waals surface area contributed by atoms with Crippen LogP contribution in [0, 0.1) is 0 Å². The van der Waals surface area contributed by atoms with Gasteiger partial charge in [-0.15, -0.1) is 0 Å². The van der Waals surface area contributed by atoms with Gasteiger partial charge in [-0.2, -0.15) is 0 Å². The molecule has 0 aliphatic heterocycles. The van der Waals surface area contributed by atoms with Crippen molar-refractivity contribution in [1.82, 2.24) is 0 Å². The Morgan fingerprint density at radius 2 is 1.30 bits per heavy atom. The molecule has 184 valence electrons. The van der Waals surface area contributed by atoms with Crippen LogP contribution in [-0.2, 0) is 13.0 Å². The number of hydrogen-bond donors (Lipinski definition) is 1. The van der Waals surface area contributed by atoms with Gasteiger partial charge >= 0.3 is 0 Å². The Morgan fingerprint density at radius 3 is 2.08 bits per heavy atom. The molecule has 0 aliphatic carbocycles. The Labute approximate surface area is 218 Å². The Hall–Kier alpha value is -4.34. The van der Waals surface area contributed by atoms with Crippen molar-refractivity contribution in [3.05, 3.63) is 144 Å². The van der Waals surface area contributed by atoms with Gasteiger partial charge in [0, 0.05) is 17.5 Å². The Balaban J connectivity index is 1.46. The van der Waals surface area contributed by atoms with Crippen LogP contribution in [0.3, 0.4) is 0 Å². The van der Waals surface area contributed by atoms with Gasteiger partial charge in [0.05, 0.1) is 13.2 Å². The minimum atomic E-state index is -0.695. The van der Waals surface area contributed by atoms with E-state index in [0.29, 0.717) is 13.0 Å². The molecule has 5 aromatic carbocycles. The number of aliphatic hydroxyl groups excluding tert-OH is 1. The van der Waals surface area contributed by atoms with E-state index < -0.39 is 6.10 Å². The zero-order valence-electron chi connectivity index (χ0n) is 20.9. The van der Waals surface area contributed by atoms with Gasteiger partial charge in [0.25, 0.3) is 0 Å². The summed E-state index contributed by atoms with van der Waals surface area (Å²) >= 11 is 0. The van der Waals surface area contributed by atoms with E-state index in [-0.39, 0.29) is 0 Å². The van der Waals surface area contributed by atoms with E-state index in [0.717, 1.165) is 50.4 Å². The summed E-state index contributed by atoms with van der Waals surface area (Å²) in [6.45, 7) is 0.455. The first-order chi connectivity index (χ1) is 18.2. The van der Waals surface area contributed by atoms with Crippen molar-refractivity contribution in [2.24, 2.45) is 0 Å². The number of aliphatic hydroxyl groups is 1. The van der Waals surface area contributed by atoms with Crippen molar-refractivity contribution in [2.75, 3.05) is 7.11 Å². The standard InChI is InChI=1S/C34H30O3/c1-36-33-21-9-8-19-30(33)27-16-10-17-28(22-27)32(35)23-29-18-11-20-31(26-14-6-3-7-15-26)34(29)37-24-25-12-4-2-5-13-25/h2-22,32,35H,23-24H2,1H3. The second-order valence-corrected chi connectivity index (χ2v) is 8.98. The molecule has 0 amide bonds. The molecule has 1 unspecified atom stereocenters. The summed E-state index contributed by atoms with van der Waals surface area (Å²) < 4.78 is 12.0. The third-order valence-electron chi connectivity index (χ3n) is 6.51. The van der Waals surface area contributed by atoms with Crippen LogP contribution in [0.2, 0.25) is 0 Å². The summed E-state index contributed by atoms with van der Waals surface area (Å²) in [6.07, 6.45) is -0.264. The van der Waals surface area contributed by atoms with Crippen molar-refractivity contribution < 1.29 is 14.6 Å². The zero-order valence-corrected chi connectivity index (χ0v) is 20.9. The average Bonchev–Trinajstić information content (AvgIpc) is 2.97. The van der Waals surface area contributed by atoms with Crippen LogP contribution in [0.15, 0.2) is 127 Å². The second kappa shape index (κ2) is 11.6. The first kappa shape index (κ1) is 24.4. The van der Waals surface area contributed by atoms with Gasteiger partial charge in [-0.1, -0.05) is 115 Å². The minimum Gasteiger partial charge on any atom is -0.496 e. The van der Waals surface area contributed by atoms with Gasteiger partial charge in [-0.25, -0.2) is 0 Å². The molecule has 0 saturated heterocycles. The number of benzene rings is 5. The quantitative estimate of drug-likeness (QED) is 0.230. The molecule has 0 saturated carbocycles. The van der Waals surface area contributed by atoms with Gasteiger partial charge in [-0.05, 0) is 39.9 Å². The van der Waals surface area contributed by atoms with Crippen molar-refractivity contribution in [2.45, 2.75) is 19.1 Å². The lowest BCUT2D eigenvalue weighted by atomic mass is 9.94. The van der Waals surface area contributed by atoms with Crippen molar-refractivity contribution in [1.29, 1.82) is 0 Å². The van der Waals surface area contributed by atoms with E-state index in [1.807, 2.05) is 97.1 Å². The summed E-state index contributed by atoms with van der Waals surface area (Å²) in [6, 6.07) is 42.5. The zero-order chi connectivity index (χ0) is 25.5. The van der Waals surface area contributed by atoms with Crippen LogP contribution in [-0.4, -0.2) is 12.2 Å². The fourth-order valence-corrected chi connectivity index (χ4v) is 4.61. The molecule has 3 heteroatoms. The van der Waals surface area contributed by atoms with Gasteiger partial charge in [0.15, 0.2) is 0 Å². The Bertz CT molecular complexity index is 1440. The SMILES string of the molecule is COc1ccccc1-c1cccc(C(O)Cc2cccc(-c3ccccc3)c2OCc2ccccc2)c1. The fourth-order valence-electron chi connectivity index (χ4n) is 4.61. The van der Waals surface area contributed by atoms with E-state index in [1.165, 1.54) is 0 Å². The summed E-state index contributed by atoms with van der Waals surface area (Å²) in [4.78, 5) is 0. The van der Waals surface area contributed by atoms with E-state index >= 15 is 0 Å². The lowest BCUT2D eigenvalue weighted by Crippen LogP contribution is -2.06. The third-order valence-corrected chi connectivity index (χ3v) is 6.51. The van der Waals surface area contributed by atoms with Crippen LogP contribution in [0.1, 0.15) is 22.8 Å². The van der Waals surface area contributed by atoms with E-state index in [1.54, 1.807) is 7.11 Å². The van der Waals surface area contributed by atoms with Crippen LogP contribution in [0.5, 0.6) is 11.5 Å². The highest BCUT2D eigenvalue weighted by molar-refractivity contribution is 5.73. The minimum absolute atomic E-state index is 0.431. The van der Waals surface area contributed by atoms with Gasteiger partial charge < -0.3 is 14.6 Å². The molecule has 0 aromatic heterocycles. The number of methoxy groups -OCH3 is 1. The molecule has 0 bridgehead atoms. The van der Waals surface area contributed by atoms with Gasteiger partial charge in [-0.3, -0.25) is 0 Å². The third kappa shape index (κ3) is 5.74. The van der Waals surface area contributed by atoms with Gasteiger partial charge in [0.2, 0.25) is 0 Å². The second-order valence-electron chi connectivity index (χ2n) is 8.98. The maximum atomic E-state index is 11.4. The van der Waals surface area contributed by atoms with Gasteiger partial charge in [0.1, 0.15) is 18.1 Å². The largest absolute Gasteiger partial charge is 0.496 e. The molecule has 3 nitrogen and oxygen atoms in total. The number of ether oxygens (including phenoxy) is 2. The summed E-state index contributed by atoms with van der Waals surface area (Å²) in [5.74, 6) is 1.61. The molecule has 5 rings (SSSR count). The topological polar surface area (TPSA) is 38.7 Å². The summed E-state index contributed by atoms with van der Waals surface area (Å²) in [5.41, 5.74) is 7.02.